The molecule has 0 amide bonds. The highest BCUT2D eigenvalue weighted by Crippen LogP contribution is 2.46. The number of para-hydroxylation sites is 3. The molecule has 0 bridgehead atoms. The first kappa shape index (κ1) is 31.1. The van der Waals surface area contributed by atoms with Crippen molar-refractivity contribution in [3.05, 3.63) is 200 Å². The Balaban J connectivity index is 1.19. The van der Waals surface area contributed by atoms with Crippen LogP contribution in [0.15, 0.2) is 205 Å². The summed E-state index contributed by atoms with van der Waals surface area (Å²) < 4.78 is 9.10. The molecule has 0 unspecified atom stereocenters. The van der Waals surface area contributed by atoms with Crippen LogP contribution in [-0.2, 0) is 0 Å². The fraction of sp³-hybridized carbons (Fsp3) is 0. The Labute approximate surface area is 317 Å². The molecule has 0 aliphatic heterocycles. The predicted molar refractivity (Wildman–Crippen MR) is 229 cm³/mol. The highest BCUT2D eigenvalue weighted by atomic mass is 16.3. The zero-order chi connectivity index (χ0) is 36.3. The molecule has 9 aromatic carbocycles. The van der Waals surface area contributed by atoms with Gasteiger partial charge in [-0.2, -0.15) is 0 Å². The van der Waals surface area contributed by atoms with Gasteiger partial charge in [0, 0.05) is 33.1 Å². The number of hydrogen-bond donors (Lipinski definition) is 0. The molecule has 4 heteroatoms. The van der Waals surface area contributed by atoms with Gasteiger partial charge in [-0.3, -0.25) is 0 Å². The highest BCUT2D eigenvalue weighted by Gasteiger charge is 2.23. The number of aromatic nitrogens is 2. The fourth-order valence-corrected chi connectivity index (χ4v) is 8.29. The second-order valence-corrected chi connectivity index (χ2v) is 14.0. The molecule has 11 rings (SSSR count). The van der Waals surface area contributed by atoms with Gasteiger partial charge < -0.3 is 13.9 Å². The predicted octanol–water partition coefficient (Wildman–Crippen LogP) is 14.0. The highest BCUT2D eigenvalue weighted by molar-refractivity contribution is 6.16. The molecule has 2 aromatic heterocycles. The van der Waals surface area contributed by atoms with E-state index in [0.29, 0.717) is 5.89 Å². The molecule has 258 valence electrons. The molecule has 0 atom stereocenters. The third-order valence-corrected chi connectivity index (χ3v) is 10.8. The molecule has 0 aliphatic carbocycles. The molecule has 0 spiro atoms. The minimum Gasteiger partial charge on any atom is -0.434 e. The van der Waals surface area contributed by atoms with Crippen molar-refractivity contribution in [3.8, 4) is 28.3 Å². The van der Waals surface area contributed by atoms with Gasteiger partial charge in [-0.15, -0.1) is 0 Å². The third kappa shape index (κ3) is 5.11. The SMILES string of the molecule is c1ccc(-c2nc3cccc(N(c4cccc(-c5cccc6ccccc56)c4)c4cccc5cc6c(cc45)c4ccccc4n6-c4ccccc4)c3o2)cc1. The number of rotatable bonds is 6. The number of benzene rings is 9. The smallest absolute Gasteiger partial charge is 0.227 e. The summed E-state index contributed by atoms with van der Waals surface area (Å²) in [5.74, 6) is 0.598. The summed E-state index contributed by atoms with van der Waals surface area (Å²) in [5.41, 5.74) is 11.3. The van der Waals surface area contributed by atoms with E-state index in [9.17, 15) is 0 Å². The van der Waals surface area contributed by atoms with Gasteiger partial charge in [0.05, 0.1) is 22.4 Å². The van der Waals surface area contributed by atoms with Crippen molar-refractivity contribution in [1.29, 1.82) is 0 Å². The molecular formula is C51H33N3O. The van der Waals surface area contributed by atoms with Gasteiger partial charge in [0.25, 0.3) is 0 Å². The Morgan fingerprint density at radius 2 is 1.11 bits per heavy atom. The van der Waals surface area contributed by atoms with Gasteiger partial charge >= 0.3 is 0 Å². The zero-order valence-corrected chi connectivity index (χ0v) is 29.8. The minimum atomic E-state index is 0.598. The maximum atomic E-state index is 6.72. The number of fused-ring (bicyclic) bond motifs is 6. The van der Waals surface area contributed by atoms with E-state index >= 15 is 0 Å². The summed E-state index contributed by atoms with van der Waals surface area (Å²) in [6.45, 7) is 0. The second kappa shape index (κ2) is 12.6. The summed E-state index contributed by atoms with van der Waals surface area (Å²) in [5, 5.41) is 7.15. The van der Waals surface area contributed by atoms with Crippen molar-refractivity contribution in [2.45, 2.75) is 0 Å². The Hall–Kier alpha value is -7.43. The van der Waals surface area contributed by atoms with E-state index < -0.39 is 0 Å². The van der Waals surface area contributed by atoms with Gasteiger partial charge in [0.15, 0.2) is 5.58 Å². The van der Waals surface area contributed by atoms with Crippen molar-refractivity contribution < 1.29 is 4.42 Å². The molecule has 0 N–H and O–H groups in total. The van der Waals surface area contributed by atoms with Crippen molar-refractivity contribution >= 4 is 71.5 Å². The Bertz CT molecular complexity index is 3210. The van der Waals surface area contributed by atoms with Crippen LogP contribution >= 0.6 is 0 Å². The van der Waals surface area contributed by atoms with Gasteiger partial charge in [-0.25, -0.2) is 4.98 Å². The molecule has 2 heterocycles. The summed E-state index contributed by atoms with van der Waals surface area (Å²) in [7, 11) is 0. The van der Waals surface area contributed by atoms with E-state index in [1.54, 1.807) is 0 Å². The first-order valence-electron chi connectivity index (χ1n) is 18.6. The van der Waals surface area contributed by atoms with E-state index in [0.717, 1.165) is 55.7 Å². The van der Waals surface area contributed by atoms with Crippen LogP contribution in [-0.4, -0.2) is 9.55 Å². The second-order valence-electron chi connectivity index (χ2n) is 14.0. The summed E-state index contributed by atoms with van der Waals surface area (Å²) in [6.07, 6.45) is 0. The average Bonchev–Trinajstić information content (AvgIpc) is 3.84. The molecule has 0 saturated heterocycles. The summed E-state index contributed by atoms with van der Waals surface area (Å²) >= 11 is 0. The number of hydrogen-bond acceptors (Lipinski definition) is 3. The maximum Gasteiger partial charge on any atom is 0.227 e. The Morgan fingerprint density at radius 1 is 0.436 bits per heavy atom. The quantitative estimate of drug-likeness (QED) is 0.173. The normalized spacial score (nSPS) is 11.6. The van der Waals surface area contributed by atoms with E-state index in [-0.39, 0.29) is 0 Å². The van der Waals surface area contributed by atoms with E-state index in [4.69, 9.17) is 9.40 Å². The Kier molecular flexibility index (Phi) is 7.14. The maximum absolute atomic E-state index is 6.72. The summed E-state index contributed by atoms with van der Waals surface area (Å²) in [6, 6.07) is 71.0. The molecule has 11 aromatic rings. The van der Waals surface area contributed by atoms with Crippen LogP contribution in [0.5, 0.6) is 0 Å². The summed E-state index contributed by atoms with van der Waals surface area (Å²) in [4.78, 5) is 7.33. The third-order valence-electron chi connectivity index (χ3n) is 10.8. The van der Waals surface area contributed by atoms with E-state index in [2.05, 4.69) is 173 Å². The molecular weight excluding hydrogens is 671 g/mol. The van der Waals surface area contributed by atoms with Crippen molar-refractivity contribution in [2.75, 3.05) is 4.90 Å². The fourth-order valence-electron chi connectivity index (χ4n) is 8.29. The van der Waals surface area contributed by atoms with Gasteiger partial charge in [0.1, 0.15) is 5.52 Å². The van der Waals surface area contributed by atoms with Gasteiger partial charge in [-0.05, 0) is 100 Å². The zero-order valence-electron chi connectivity index (χ0n) is 29.8. The van der Waals surface area contributed by atoms with E-state index in [1.165, 1.54) is 38.1 Å². The number of oxazole rings is 1. The first-order valence-corrected chi connectivity index (χ1v) is 18.6. The molecule has 55 heavy (non-hydrogen) atoms. The van der Waals surface area contributed by atoms with Crippen LogP contribution in [0.2, 0.25) is 0 Å². The van der Waals surface area contributed by atoms with E-state index in [1.807, 2.05) is 36.4 Å². The topological polar surface area (TPSA) is 34.2 Å². The van der Waals surface area contributed by atoms with Crippen LogP contribution < -0.4 is 4.90 Å². The van der Waals surface area contributed by atoms with Crippen LogP contribution in [0.4, 0.5) is 17.1 Å². The first-order chi connectivity index (χ1) is 27.3. The lowest BCUT2D eigenvalue weighted by molar-refractivity contribution is 0.620. The molecule has 0 fully saturated rings. The van der Waals surface area contributed by atoms with Crippen molar-refractivity contribution in [1.82, 2.24) is 9.55 Å². The monoisotopic (exact) mass is 703 g/mol. The largest absolute Gasteiger partial charge is 0.434 e. The van der Waals surface area contributed by atoms with Gasteiger partial charge in [0.2, 0.25) is 5.89 Å². The van der Waals surface area contributed by atoms with Crippen LogP contribution in [0.3, 0.4) is 0 Å². The molecule has 0 aliphatic rings. The van der Waals surface area contributed by atoms with Crippen LogP contribution in [0, 0.1) is 0 Å². The van der Waals surface area contributed by atoms with Crippen LogP contribution in [0.25, 0.3) is 82.7 Å². The lowest BCUT2D eigenvalue weighted by Crippen LogP contribution is -2.11. The lowest BCUT2D eigenvalue weighted by Gasteiger charge is -2.27. The standard InChI is InChI=1S/C51H33N3O/c1-3-16-35(17-4-1)51-52-45-27-14-30-48(50(45)55-51)54(39-23-11-19-36(31-39)41-26-12-18-34-15-7-8-24-40(34)41)47-29-13-20-37-32-49-44(33-43(37)47)42-25-9-10-28-46(42)53(49)38-21-5-2-6-22-38/h1-33H. The number of nitrogens with zero attached hydrogens (tertiary/aromatic N) is 3. The Morgan fingerprint density at radius 3 is 2.00 bits per heavy atom. The van der Waals surface area contributed by atoms with Crippen molar-refractivity contribution in [3.63, 3.8) is 0 Å². The minimum absolute atomic E-state index is 0.598. The molecule has 4 nitrogen and oxygen atoms in total. The lowest BCUT2D eigenvalue weighted by atomic mass is 9.97. The van der Waals surface area contributed by atoms with Gasteiger partial charge in [-0.1, -0.05) is 127 Å². The average molecular weight is 704 g/mol. The van der Waals surface area contributed by atoms with Crippen molar-refractivity contribution in [2.24, 2.45) is 0 Å². The number of anilines is 3. The molecule has 0 radical (unpaired) electrons. The van der Waals surface area contributed by atoms with Crippen LogP contribution in [0.1, 0.15) is 0 Å². The molecule has 0 saturated carbocycles.